The van der Waals surface area contributed by atoms with E-state index in [1.807, 2.05) is 4.72 Å². The average molecular weight is 510 g/mol. The summed E-state index contributed by atoms with van der Waals surface area (Å²) in [4.78, 5) is 28.8. The number of nitrogens with zero attached hydrogens (tertiary/aromatic N) is 1. The summed E-state index contributed by atoms with van der Waals surface area (Å²) in [6, 6.07) is 12.2. The van der Waals surface area contributed by atoms with E-state index in [1.54, 1.807) is 30.3 Å². The molecule has 0 aliphatic carbocycles. The molecule has 1 heterocycles. The smallest absolute Gasteiger partial charge is 0.433 e. The highest BCUT2D eigenvalue weighted by molar-refractivity contribution is 7.89. The van der Waals surface area contributed by atoms with Crippen molar-refractivity contribution in [3.63, 3.8) is 0 Å². The second kappa shape index (κ2) is 9.53. The van der Waals surface area contributed by atoms with Crippen LogP contribution in [0.4, 0.5) is 13.2 Å². The largest absolute Gasteiger partial charge is 0.487 e. The molecule has 0 saturated heterocycles. The molecule has 1 aromatic heterocycles. The lowest BCUT2D eigenvalue weighted by molar-refractivity contribution is -0.141. The number of carbonyl (C=O) groups is 2. The lowest BCUT2D eigenvalue weighted by Crippen LogP contribution is -2.55. The van der Waals surface area contributed by atoms with Crippen molar-refractivity contribution in [2.75, 3.05) is 6.26 Å². The van der Waals surface area contributed by atoms with Crippen LogP contribution < -0.4 is 14.8 Å². The lowest BCUT2D eigenvalue weighted by atomic mass is 10.0. The Morgan fingerprint density at radius 2 is 1.71 bits per heavy atom. The maximum Gasteiger partial charge on any atom is 0.433 e. The second-order valence-corrected chi connectivity index (χ2v) is 10.0. The minimum absolute atomic E-state index is 0.0452. The topological polar surface area (TPSA) is 114 Å². The minimum atomic E-state index is -4.57. The molecule has 8 nitrogen and oxygen atoms in total. The molecule has 2 amide bonds. The SMILES string of the molecule is CC(C)(NC(=O)c1ccc2ccccc2c1OCc1ccc(C(F)(F)F)nc1)C(=O)NS(C)(=O)=O. The number of halogens is 3. The Kier molecular flexibility index (Phi) is 7.06. The van der Waals surface area contributed by atoms with Crippen LogP contribution in [0.1, 0.15) is 35.5 Å². The van der Waals surface area contributed by atoms with Crippen molar-refractivity contribution < 1.29 is 35.9 Å². The third-order valence-corrected chi connectivity index (χ3v) is 5.45. The first kappa shape index (κ1) is 25.9. The van der Waals surface area contributed by atoms with E-state index < -0.39 is 39.2 Å². The zero-order valence-corrected chi connectivity index (χ0v) is 19.8. The average Bonchev–Trinajstić information content (AvgIpc) is 2.75. The van der Waals surface area contributed by atoms with Crippen molar-refractivity contribution in [2.45, 2.75) is 32.2 Å². The highest BCUT2D eigenvalue weighted by Gasteiger charge is 2.33. The summed E-state index contributed by atoms with van der Waals surface area (Å²) in [5.74, 6) is -1.52. The first-order valence-corrected chi connectivity index (χ1v) is 12.1. The normalized spacial score (nSPS) is 12.3. The molecule has 3 aromatic rings. The van der Waals surface area contributed by atoms with Crippen LogP contribution >= 0.6 is 0 Å². The molecule has 0 fully saturated rings. The van der Waals surface area contributed by atoms with Crippen molar-refractivity contribution in [1.82, 2.24) is 15.0 Å². The van der Waals surface area contributed by atoms with Gasteiger partial charge in [0, 0.05) is 17.1 Å². The lowest BCUT2D eigenvalue weighted by Gasteiger charge is -2.25. The van der Waals surface area contributed by atoms with E-state index in [2.05, 4.69) is 10.3 Å². The van der Waals surface area contributed by atoms with Crippen molar-refractivity contribution >= 4 is 32.6 Å². The van der Waals surface area contributed by atoms with Crippen molar-refractivity contribution in [3.05, 3.63) is 71.5 Å². The van der Waals surface area contributed by atoms with Gasteiger partial charge in [-0.1, -0.05) is 36.4 Å². The van der Waals surface area contributed by atoms with E-state index >= 15 is 0 Å². The molecule has 0 aliphatic rings. The summed E-state index contributed by atoms with van der Waals surface area (Å²) >= 11 is 0. The van der Waals surface area contributed by atoms with E-state index in [9.17, 15) is 31.2 Å². The third kappa shape index (κ3) is 6.47. The summed E-state index contributed by atoms with van der Waals surface area (Å²) in [5, 5.41) is 3.78. The van der Waals surface area contributed by atoms with E-state index in [1.165, 1.54) is 26.0 Å². The molecule has 0 radical (unpaired) electrons. The Hall–Kier alpha value is -3.67. The summed E-state index contributed by atoms with van der Waals surface area (Å²) < 4.78 is 68.8. The second-order valence-electron chi connectivity index (χ2n) is 8.28. The van der Waals surface area contributed by atoms with Gasteiger partial charge in [0.1, 0.15) is 23.6 Å². The maximum atomic E-state index is 13.1. The number of benzene rings is 2. The number of hydrogen-bond donors (Lipinski definition) is 2. The summed E-state index contributed by atoms with van der Waals surface area (Å²) in [6.45, 7) is 2.49. The first-order valence-electron chi connectivity index (χ1n) is 10.2. The number of aromatic nitrogens is 1. The van der Waals surface area contributed by atoms with Gasteiger partial charge in [-0.05, 0) is 31.4 Å². The molecule has 0 unspecified atom stereocenters. The van der Waals surface area contributed by atoms with Gasteiger partial charge in [0.2, 0.25) is 10.0 Å². The number of ether oxygens (including phenoxy) is 1. The number of sulfonamides is 1. The molecule has 0 bridgehead atoms. The van der Waals surface area contributed by atoms with Gasteiger partial charge in [0.25, 0.3) is 11.8 Å². The van der Waals surface area contributed by atoms with Gasteiger partial charge in [-0.15, -0.1) is 0 Å². The van der Waals surface area contributed by atoms with Gasteiger partial charge in [-0.2, -0.15) is 13.2 Å². The standard InChI is InChI=1S/C23H22F3N3O5S/c1-22(2,21(31)29-35(3,32)33)28-20(30)17-10-9-15-6-4-5-7-16(15)19(17)34-13-14-8-11-18(27-12-14)23(24,25)26/h4-12H,13H2,1-3H3,(H,28,30)(H,29,31). The van der Waals surface area contributed by atoms with Crippen LogP contribution in [0.15, 0.2) is 54.7 Å². The van der Waals surface area contributed by atoms with Gasteiger partial charge in [-0.3, -0.25) is 19.3 Å². The molecular weight excluding hydrogens is 487 g/mol. The first-order chi connectivity index (χ1) is 16.2. The number of alkyl halides is 3. The third-order valence-electron chi connectivity index (χ3n) is 4.89. The maximum absolute atomic E-state index is 13.1. The molecule has 0 spiro atoms. The molecule has 0 saturated carbocycles. The number of nitrogens with one attached hydrogen (secondary N) is 2. The molecule has 2 N–H and O–H groups in total. The number of hydrogen-bond acceptors (Lipinski definition) is 6. The summed E-state index contributed by atoms with van der Waals surface area (Å²) in [5.41, 5.74) is -2.25. The molecule has 0 atom stereocenters. The van der Waals surface area contributed by atoms with Gasteiger partial charge >= 0.3 is 6.18 Å². The van der Waals surface area contributed by atoms with Gasteiger partial charge in [-0.25, -0.2) is 8.42 Å². The quantitative estimate of drug-likeness (QED) is 0.505. The Bertz CT molecular complexity index is 1370. The molecule has 3 rings (SSSR count). The predicted molar refractivity (Wildman–Crippen MR) is 122 cm³/mol. The number of pyridine rings is 1. The van der Waals surface area contributed by atoms with Crippen molar-refractivity contribution in [2.24, 2.45) is 0 Å². The van der Waals surface area contributed by atoms with Crippen LogP contribution in [0.2, 0.25) is 0 Å². The molecule has 12 heteroatoms. The van der Waals surface area contributed by atoms with E-state index in [0.29, 0.717) is 10.9 Å². The summed E-state index contributed by atoms with van der Waals surface area (Å²) in [7, 11) is -3.85. The highest BCUT2D eigenvalue weighted by atomic mass is 32.2. The van der Waals surface area contributed by atoms with Gasteiger partial charge in [0.15, 0.2) is 0 Å². The van der Waals surface area contributed by atoms with Crippen LogP contribution in [0.3, 0.4) is 0 Å². The number of rotatable bonds is 7. The van der Waals surface area contributed by atoms with Crippen LogP contribution in [0, 0.1) is 0 Å². The van der Waals surface area contributed by atoms with Crippen molar-refractivity contribution in [3.8, 4) is 5.75 Å². The molecular formula is C23H22F3N3O5S. The number of fused-ring (bicyclic) bond motifs is 1. The zero-order chi connectivity index (χ0) is 26.0. The van der Waals surface area contributed by atoms with Crippen LogP contribution in [0.25, 0.3) is 10.8 Å². The fourth-order valence-electron chi connectivity index (χ4n) is 3.11. The van der Waals surface area contributed by atoms with Crippen molar-refractivity contribution in [1.29, 1.82) is 0 Å². The zero-order valence-electron chi connectivity index (χ0n) is 18.9. The fraction of sp³-hybridized carbons (Fsp3) is 0.261. The monoisotopic (exact) mass is 509 g/mol. The van der Waals surface area contributed by atoms with E-state index in [4.69, 9.17) is 4.74 Å². The number of carbonyl (C=O) groups excluding carboxylic acids is 2. The van der Waals surface area contributed by atoms with Gasteiger partial charge < -0.3 is 10.1 Å². The Morgan fingerprint density at radius 1 is 1.03 bits per heavy atom. The van der Waals surface area contributed by atoms with Crippen LogP contribution in [-0.2, 0) is 27.6 Å². The van der Waals surface area contributed by atoms with Crippen LogP contribution in [-0.4, -0.2) is 37.0 Å². The van der Waals surface area contributed by atoms with Crippen LogP contribution in [0.5, 0.6) is 5.75 Å². The number of amides is 2. The molecule has 2 aromatic carbocycles. The molecule has 0 aliphatic heterocycles. The van der Waals surface area contributed by atoms with E-state index in [0.717, 1.165) is 23.9 Å². The van der Waals surface area contributed by atoms with E-state index in [-0.39, 0.29) is 17.9 Å². The Labute approximate surface area is 199 Å². The Balaban J connectivity index is 1.91. The minimum Gasteiger partial charge on any atom is -0.487 e. The molecule has 186 valence electrons. The Morgan fingerprint density at radius 3 is 2.31 bits per heavy atom. The summed E-state index contributed by atoms with van der Waals surface area (Å²) in [6.07, 6.45) is -2.73. The molecule has 35 heavy (non-hydrogen) atoms. The van der Waals surface area contributed by atoms with Gasteiger partial charge in [0.05, 0.1) is 11.8 Å². The highest BCUT2D eigenvalue weighted by Crippen LogP contribution is 2.32. The fourth-order valence-corrected chi connectivity index (χ4v) is 3.71. The predicted octanol–water partition coefficient (Wildman–Crippen LogP) is 3.42.